The maximum Gasteiger partial charge on any atom is 0.224 e. The largest absolute Gasteiger partial charge is 0.393 e. The Morgan fingerprint density at radius 3 is 2.66 bits per heavy atom. The molecule has 11 atom stereocenters. The Bertz CT molecular complexity index is 1340. The van der Waals surface area contributed by atoms with Gasteiger partial charge in [0.1, 0.15) is 0 Å². The van der Waals surface area contributed by atoms with Crippen molar-refractivity contribution in [3.63, 3.8) is 0 Å². The number of nitrogens with one attached hydrogen (secondary N) is 1. The number of carbonyl (C=O) groups is 1. The van der Waals surface area contributed by atoms with E-state index in [-0.39, 0.29) is 46.6 Å². The molecule has 7 heteroatoms. The van der Waals surface area contributed by atoms with Crippen LogP contribution in [0.4, 0.5) is 5.69 Å². The van der Waals surface area contributed by atoms with E-state index >= 15 is 0 Å². The van der Waals surface area contributed by atoms with Crippen molar-refractivity contribution in [3.8, 4) is 0 Å². The van der Waals surface area contributed by atoms with Gasteiger partial charge >= 0.3 is 0 Å². The van der Waals surface area contributed by atoms with Crippen LogP contribution in [0.25, 0.3) is 21.2 Å². The lowest BCUT2D eigenvalue weighted by molar-refractivity contribution is -0.202. The number of rotatable bonds is 6. The van der Waals surface area contributed by atoms with E-state index in [1.54, 1.807) is 0 Å². The molecular formula is C34H46N4O3. The number of hydrogen-bond donors (Lipinski definition) is 3. The zero-order chi connectivity index (χ0) is 28.9. The third kappa shape index (κ3) is 4.74. The zero-order valence-electron chi connectivity index (χ0n) is 24.7. The number of azide groups is 1. The fraction of sp³-hybridized carbons (Fsp3) is 0.676. The van der Waals surface area contributed by atoms with Crippen LogP contribution in [0.15, 0.2) is 47.6 Å². The lowest BCUT2D eigenvalue weighted by Crippen LogP contribution is -2.62. The number of aliphatic hydroxyl groups excluding tert-OH is 2. The molecule has 2 aromatic rings. The highest BCUT2D eigenvalue weighted by Crippen LogP contribution is 2.68. The zero-order valence-corrected chi connectivity index (χ0v) is 24.7. The van der Waals surface area contributed by atoms with Crippen LogP contribution in [-0.4, -0.2) is 34.4 Å². The minimum absolute atomic E-state index is 0.0233. The standard InChI is InChI=1S/C34H46N4O3/c1-20(11-14-31(41)36-28-10-6-8-21-7-4-5-9-24(21)28)25-12-13-26-32-27(19-30(40)34(25,26)3)33(2)16-15-23(37-38-35)17-22(33)18-29(32)39/h4-10,20,22-23,25-27,29-30,32,39-40H,11-19H2,1-3H3,(H,36,41)/t20-,22+,23-,25?,26?,27?,29+,30?,32-,33?,34?/m1/s1. The van der Waals surface area contributed by atoms with Crippen molar-refractivity contribution in [3.05, 3.63) is 52.9 Å². The van der Waals surface area contributed by atoms with Crippen molar-refractivity contribution in [2.24, 2.45) is 51.5 Å². The summed E-state index contributed by atoms with van der Waals surface area (Å²) in [6.45, 7) is 6.92. The van der Waals surface area contributed by atoms with Crippen LogP contribution < -0.4 is 5.32 Å². The first-order valence-electron chi connectivity index (χ1n) is 15.8. The molecule has 0 heterocycles. The van der Waals surface area contributed by atoms with Gasteiger partial charge in [-0.1, -0.05) is 62.3 Å². The molecule has 0 bridgehead atoms. The maximum absolute atomic E-state index is 13.0. The number of benzene rings is 2. The topological polar surface area (TPSA) is 118 Å². The van der Waals surface area contributed by atoms with Crippen molar-refractivity contribution in [1.29, 1.82) is 0 Å². The lowest BCUT2D eigenvalue weighted by atomic mass is 9.43. The summed E-state index contributed by atoms with van der Waals surface area (Å²) in [7, 11) is 0. The highest BCUT2D eigenvalue weighted by molar-refractivity contribution is 6.02. The molecule has 41 heavy (non-hydrogen) atoms. The molecular weight excluding hydrogens is 512 g/mol. The molecule has 6 unspecified atom stereocenters. The van der Waals surface area contributed by atoms with Gasteiger partial charge in [0.2, 0.25) is 5.91 Å². The molecule has 0 radical (unpaired) electrons. The fourth-order valence-corrected chi connectivity index (χ4v) is 10.4. The Hall–Kier alpha value is -2.60. The number of nitrogens with zero attached hydrogens (tertiary/aromatic N) is 3. The number of hydrogen-bond acceptors (Lipinski definition) is 4. The summed E-state index contributed by atoms with van der Waals surface area (Å²) in [5, 5.41) is 32.8. The monoisotopic (exact) mass is 558 g/mol. The second-order valence-corrected chi connectivity index (χ2v) is 14.3. The summed E-state index contributed by atoms with van der Waals surface area (Å²) in [5.74, 6) is 1.77. The van der Waals surface area contributed by atoms with E-state index < -0.39 is 6.10 Å². The van der Waals surface area contributed by atoms with Crippen LogP contribution in [0.3, 0.4) is 0 Å². The van der Waals surface area contributed by atoms with Gasteiger partial charge in [-0.2, -0.15) is 0 Å². The predicted octanol–water partition coefficient (Wildman–Crippen LogP) is 7.47. The molecule has 0 saturated heterocycles. The van der Waals surface area contributed by atoms with Gasteiger partial charge in [0.15, 0.2) is 0 Å². The van der Waals surface area contributed by atoms with E-state index in [9.17, 15) is 15.0 Å². The normalized spacial score (nSPS) is 40.5. The highest BCUT2D eigenvalue weighted by atomic mass is 16.3. The minimum Gasteiger partial charge on any atom is -0.393 e. The second-order valence-electron chi connectivity index (χ2n) is 14.3. The Kier molecular flexibility index (Phi) is 7.59. The number of anilines is 1. The number of carbonyl (C=O) groups excluding carboxylic acids is 1. The van der Waals surface area contributed by atoms with Crippen molar-refractivity contribution in [2.45, 2.75) is 96.8 Å². The maximum atomic E-state index is 13.0. The molecule has 4 aliphatic carbocycles. The van der Waals surface area contributed by atoms with Gasteiger partial charge < -0.3 is 15.5 Å². The van der Waals surface area contributed by atoms with Gasteiger partial charge in [0.05, 0.1) is 12.2 Å². The van der Waals surface area contributed by atoms with Crippen LogP contribution in [0.2, 0.25) is 0 Å². The van der Waals surface area contributed by atoms with Crippen molar-refractivity contribution in [1.82, 2.24) is 0 Å². The Morgan fingerprint density at radius 2 is 1.85 bits per heavy atom. The fourth-order valence-electron chi connectivity index (χ4n) is 10.4. The van der Waals surface area contributed by atoms with E-state index in [1.165, 1.54) is 0 Å². The molecule has 0 spiro atoms. The summed E-state index contributed by atoms with van der Waals surface area (Å²) in [4.78, 5) is 16.1. The minimum atomic E-state index is -0.411. The lowest BCUT2D eigenvalue weighted by Gasteiger charge is -2.63. The summed E-state index contributed by atoms with van der Waals surface area (Å²) in [6, 6.07) is 14.1. The molecule has 0 aromatic heterocycles. The van der Waals surface area contributed by atoms with Crippen molar-refractivity contribution in [2.75, 3.05) is 5.32 Å². The quantitative estimate of drug-likeness (QED) is 0.194. The SMILES string of the molecule is C[C@H](CCC(=O)Nc1cccc2ccccc12)C1CCC2[C@@H]3C(CC(O)C21C)C1(C)CC[C@@H](N=[N+]=[N-])C[C@H]1C[C@@H]3O. The summed E-state index contributed by atoms with van der Waals surface area (Å²) in [6.07, 6.45) is 6.78. The molecule has 1 amide bonds. The van der Waals surface area contributed by atoms with Crippen LogP contribution in [-0.2, 0) is 4.79 Å². The Morgan fingerprint density at radius 1 is 1.07 bits per heavy atom. The van der Waals surface area contributed by atoms with Crippen LogP contribution in [0, 0.1) is 46.3 Å². The van der Waals surface area contributed by atoms with E-state index in [1.807, 2.05) is 30.3 Å². The van der Waals surface area contributed by atoms with E-state index in [2.05, 4.69) is 48.2 Å². The van der Waals surface area contributed by atoms with Gasteiger partial charge in [-0.3, -0.25) is 4.79 Å². The molecule has 6 rings (SSSR count). The van der Waals surface area contributed by atoms with E-state index in [4.69, 9.17) is 5.53 Å². The van der Waals surface area contributed by atoms with Gasteiger partial charge in [-0.05, 0) is 115 Å². The average molecular weight is 559 g/mol. The number of aliphatic hydroxyl groups is 2. The Labute approximate surface area is 243 Å². The van der Waals surface area contributed by atoms with Gasteiger partial charge in [-0.25, -0.2) is 0 Å². The molecule has 4 aliphatic rings. The predicted molar refractivity (Wildman–Crippen MR) is 162 cm³/mol. The van der Waals surface area contributed by atoms with Crippen molar-refractivity contribution < 1.29 is 15.0 Å². The van der Waals surface area contributed by atoms with Gasteiger partial charge in [-0.15, -0.1) is 0 Å². The van der Waals surface area contributed by atoms with Gasteiger partial charge in [0.25, 0.3) is 0 Å². The molecule has 4 fully saturated rings. The molecule has 7 nitrogen and oxygen atoms in total. The molecule has 0 aliphatic heterocycles. The molecule has 3 N–H and O–H groups in total. The van der Waals surface area contributed by atoms with Crippen LogP contribution in [0.1, 0.15) is 78.6 Å². The summed E-state index contributed by atoms with van der Waals surface area (Å²) < 4.78 is 0. The first-order chi connectivity index (χ1) is 19.7. The third-order valence-corrected chi connectivity index (χ3v) is 12.6. The van der Waals surface area contributed by atoms with E-state index in [0.717, 1.165) is 67.8 Å². The first-order valence-corrected chi connectivity index (χ1v) is 15.8. The summed E-state index contributed by atoms with van der Waals surface area (Å²) in [5.41, 5.74) is 9.65. The summed E-state index contributed by atoms with van der Waals surface area (Å²) >= 11 is 0. The Balaban J connectivity index is 1.14. The second kappa shape index (κ2) is 10.9. The van der Waals surface area contributed by atoms with Gasteiger partial charge in [0, 0.05) is 28.4 Å². The van der Waals surface area contributed by atoms with Crippen molar-refractivity contribution >= 4 is 22.4 Å². The first kappa shape index (κ1) is 28.5. The number of fused-ring (bicyclic) bond motifs is 6. The van der Waals surface area contributed by atoms with Crippen LogP contribution in [0.5, 0.6) is 0 Å². The smallest absolute Gasteiger partial charge is 0.224 e. The third-order valence-electron chi connectivity index (χ3n) is 12.6. The average Bonchev–Trinajstić information content (AvgIpc) is 3.32. The van der Waals surface area contributed by atoms with Crippen LogP contribution >= 0.6 is 0 Å². The molecule has 220 valence electrons. The molecule has 4 saturated carbocycles. The number of amides is 1. The highest BCUT2D eigenvalue weighted by Gasteiger charge is 2.65. The van der Waals surface area contributed by atoms with E-state index in [0.29, 0.717) is 24.2 Å². The molecule has 2 aromatic carbocycles.